The van der Waals surface area contributed by atoms with Gasteiger partial charge in [-0.25, -0.2) is 0 Å². The number of ether oxygens (including phenoxy) is 1. The van der Waals surface area contributed by atoms with Crippen LogP contribution in [-0.2, 0) is 22.4 Å². The van der Waals surface area contributed by atoms with Gasteiger partial charge in [-0.3, -0.25) is 4.79 Å². The van der Waals surface area contributed by atoms with Gasteiger partial charge in [0.25, 0.3) is 0 Å². The highest BCUT2D eigenvalue weighted by Gasteiger charge is 2.42. The maximum absolute atomic E-state index is 12.9. The van der Waals surface area contributed by atoms with Crippen LogP contribution in [0.1, 0.15) is 11.1 Å². The van der Waals surface area contributed by atoms with Gasteiger partial charge in [0, 0.05) is 6.54 Å². The van der Waals surface area contributed by atoms with Crippen LogP contribution in [0.15, 0.2) is 72.8 Å². The molecule has 0 bridgehead atoms. The van der Waals surface area contributed by atoms with Gasteiger partial charge in [0.1, 0.15) is 0 Å². The second kappa shape index (κ2) is 6.71. The van der Waals surface area contributed by atoms with Gasteiger partial charge in [-0.15, -0.1) is 0 Å². The van der Waals surface area contributed by atoms with Crippen molar-refractivity contribution >= 4 is 27.5 Å². The lowest BCUT2D eigenvalue weighted by molar-refractivity contribution is -0.152. The number of benzene rings is 4. The van der Waals surface area contributed by atoms with Crippen LogP contribution in [0.2, 0.25) is 0 Å². The van der Waals surface area contributed by atoms with E-state index in [4.69, 9.17) is 10.5 Å². The van der Waals surface area contributed by atoms with Gasteiger partial charge in [-0.1, -0.05) is 72.8 Å². The predicted octanol–water partition coefficient (Wildman–Crippen LogP) is 4.88. The van der Waals surface area contributed by atoms with E-state index in [1.807, 2.05) is 0 Å². The highest BCUT2D eigenvalue weighted by Crippen LogP contribution is 2.46. The van der Waals surface area contributed by atoms with Crippen LogP contribution >= 0.6 is 0 Å². The van der Waals surface area contributed by atoms with E-state index >= 15 is 0 Å². The highest BCUT2D eigenvalue weighted by atomic mass is 16.5. The fourth-order valence-electron chi connectivity index (χ4n) is 4.90. The first kappa shape index (κ1) is 17.9. The minimum absolute atomic E-state index is 0.236. The van der Waals surface area contributed by atoms with Gasteiger partial charge in [0.05, 0.1) is 12.5 Å². The summed E-state index contributed by atoms with van der Waals surface area (Å²) in [5.41, 5.74) is 10.2. The molecule has 29 heavy (non-hydrogen) atoms. The largest absolute Gasteiger partial charge is 0.469 e. The third kappa shape index (κ3) is 2.65. The molecular formula is C26H23NO2. The van der Waals surface area contributed by atoms with E-state index in [1.165, 1.54) is 39.8 Å². The molecule has 0 unspecified atom stereocenters. The Labute approximate surface area is 170 Å². The summed E-state index contributed by atoms with van der Waals surface area (Å²) in [4.78, 5) is 12.9. The van der Waals surface area contributed by atoms with Crippen molar-refractivity contribution in [3.8, 4) is 11.1 Å². The van der Waals surface area contributed by atoms with Crippen molar-refractivity contribution in [2.24, 2.45) is 11.1 Å². The summed E-state index contributed by atoms with van der Waals surface area (Å²) < 4.78 is 5.23. The molecule has 0 heterocycles. The van der Waals surface area contributed by atoms with Crippen LogP contribution in [0.3, 0.4) is 0 Å². The highest BCUT2D eigenvalue weighted by molar-refractivity contribution is 6.08. The molecule has 2 N–H and O–H groups in total. The minimum Gasteiger partial charge on any atom is -0.469 e. The molecule has 144 valence electrons. The van der Waals surface area contributed by atoms with Crippen molar-refractivity contribution in [1.29, 1.82) is 0 Å². The summed E-state index contributed by atoms with van der Waals surface area (Å²) in [5.74, 6) is -0.236. The summed E-state index contributed by atoms with van der Waals surface area (Å²) in [7, 11) is 1.45. The molecule has 1 aliphatic carbocycles. The number of methoxy groups -OCH3 is 1. The number of hydrogen-bond acceptors (Lipinski definition) is 3. The van der Waals surface area contributed by atoms with Crippen molar-refractivity contribution in [2.45, 2.75) is 12.8 Å². The molecule has 0 amide bonds. The first-order valence-electron chi connectivity index (χ1n) is 9.97. The van der Waals surface area contributed by atoms with Crippen LogP contribution in [0, 0.1) is 5.41 Å². The molecule has 5 rings (SSSR count). The summed E-state index contributed by atoms with van der Waals surface area (Å²) in [5, 5.41) is 4.81. The van der Waals surface area contributed by atoms with E-state index in [0.29, 0.717) is 12.8 Å². The third-order valence-corrected chi connectivity index (χ3v) is 6.35. The normalized spacial score (nSPS) is 14.8. The zero-order valence-corrected chi connectivity index (χ0v) is 16.4. The van der Waals surface area contributed by atoms with Crippen LogP contribution in [0.25, 0.3) is 32.7 Å². The second-order valence-electron chi connectivity index (χ2n) is 7.97. The standard InChI is InChI=1S/C26H23NO2/c1-29-25(28)26(16-27)14-19-12-10-17-6-2-4-8-21(17)23(19)24-20(15-26)13-11-18-7-3-5-9-22(18)24/h2-13H,14-16,27H2,1H3. The summed E-state index contributed by atoms with van der Waals surface area (Å²) >= 11 is 0. The molecule has 4 aromatic rings. The molecule has 1 aliphatic rings. The van der Waals surface area contributed by atoms with Gasteiger partial charge in [0.15, 0.2) is 0 Å². The molecule has 3 nitrogen and oxygen atoms in total. The lowest BCUT2D eigenvalue weighted by Crippen LogP contribution is -2.43. The maximum Gasteiger partial charge on any atom is 0.313 e. The number of carbonyl (C=O) groups is 1. The second-order valence-corrected chi connectivity index (χ2v) is 7.97. The van der Waals surface area contributed by atoms with Crippen molar-refractivity contribution in [3.05, 3.63) is 83.9 Å². The molecule has 0 spiro atoms. The van der Waals surface area contributed by atoms with Gasteiger partial charge >= 0.3 is 5.97 Å². The Bertz CT molecular complexity index is 1170. The Morgan fingerprint density at radius 2 is 1.31 bits per heavy atom. The van der Waals surface area contributed by atoms with Gasteiger partial charge in [-0.05, 0) is 56.6 Å². The van der Waals surface area contributed by atoms with Crippen LogP contribution in [-0.4, -0.2) is 19.6 Å². The molecule has 0 saturated carbocycles. The van der Waals surface area contributed by atoms with Crippen LogP contribution < -0.4 is 5.73 Å². The number of rotatable bonds is 2. The topological polar surface area (TPSA) is 52.3 Å². The SMILES string of the molecule is COC(=O)C1(CN)Cc2ccc3ccccc3c2-c2c(ccc3ccccc23)C1. The van der Waals surface area contributed by atoms with Crippen LogP contribution in [0.4, 0.5) is 0 Å². The molecule has 0 aromatic heterocycles. The maximum atomic E-state index is 12.9. The van der Waals surface area contributed by atoms with E-state index in [1.54, 1.807) is 0 Å². The van der Waals surface area contributed by atoms with E-state index in [2.05, 4.69) is 72.8 Å². The van der Waals surface area contributed by atoms with Crippen molar-refractivity contribution in [2.75, 3.05) is 13.7 Å². The predicted molar refractivity (Wildman–Crippen MR) is 118 cm³/mol. The number of fused-ring (bicyclic) bond motifs is 7. The molecule has 0 saturated heterocycles. The first-order chi connectivity index (χ1) is 14.2. The fraction of sp³-hybridized carbons (Fsp3) is 0.192. The monoisotopic (exact) mass is 381 g/mol. The van der Waals surface area contributed by atoms with Crippen LogP contribution in [0.5, 0.6) is 0 Å². The number of nitrogens with two attached hydrogens (primary N) is 1. The summed E-state index contributed by atoms with van der Waals surface area (Å²) in [6.07, 6.45) is 1.14. The van der Waals surface area contributed by atoms with Gasteiger partial charge in [0.2, 0.25) is 0 Å². The zero-order chi connectivity index (χ0) is 20.0. The van der Waals surface area contributed by atoms with Gasteiger partial charge in [-0.2, -0.15) is 0 Å². The Morgan fingerprint density at radius 1 is 0.828 bits per heavy atom. The molecule has 0 atom stereocenters. The summed E-state index contributed by atoms with van der Waals surface area (Å²) in [6, 6.07) is 25.5. The molecule has 4 aromatic carbocycles. The van der Waals surface area contributed by atoms with E-state index in [-0.39, 0.29) is 12.5 Å². The van der Waals surface area contributed by atoms with Crippen molar-refractivity contribution < 1.29 is 9.53 Å². The molecule has 0 radical (unpaired) electrons. The molecule has 0 fully saturated rings. The third-order valence-electron chi connectivity index (χ3n) is 6.35. The lowest BCUT2D eigenvalue weighted by atomic mass is 9.77. The molecular weight excluding hydrogens is 358 g/mol. The number of hydrogen-bond donors (Lipinski definition) is 1. The van der Waals surface area contributed by atoms with E-state index in [0.717, 1.165) is 11.1 Å². The van der Waals surface area contributed by atoms with Gasteiger partial charge < -0.3 is 10.5 Å². The molecule has 0 aliphatic heterocycles. The first-order valence-corrected chi connectivity index (χ1v) is 9.97. The number of esters is 1. The van der Waals surface area contributed by atoms with Crippen molar-refractivity contribution in [1.82, 2.24) is 0 Å². The summed E-state index contributed by atoms with van der Waals surface area (Å²) in [6.45, 7) is 0.248. The average Bonchev–Trinajstić information content (AvgIpc) is 2.93. The quantitative estimate of drug-likeness (QED) is 0.504. The number of carbonyl (C=O) groups excluding carboxylic acids is 1. The Balaban J connectivity index is 1.94. The smallest absolute Gasteiger partial charge is 0.313 e. The fourth-order valence-corrected chi connectivity index (χ4v) is 4.90. The Hall–Kier alpha value is -3.17. The Kier molecular flexibility index (Phi) is 4.14. The average molecular weight is 381 g/mol. The lowest BCUT2D eigenvalue weighted by Gasteiger charge is -2.28. The van der Waals surface area contributed by atoms with E-state index < -0.39 is 5.41 Å². The Morgan fingerprint density at radius 3 is 1.76 bits per heavy atom. The van der Waals surface area contributed by atoms with E-state index in [9.17, 15) is 4.79 Å². The minimum atomic E-state index is -0.764. The zero-order valence-electron chi connectivity index (χ0n) is 16.4. The van der Waals surface area contributed by atoms with Crippen molar-refractivity contribution in [3.63, 3.8) is 0 Å². The molecule has 3 heteroatoms.